The maximum atomic E-state index is 12.4. The Bertz CT molecular complexity index is 1220. The first-order valence-corrected chi connectivity index (χ1v) is 11.0. The minimum absolute atomic E-state index is 0.146. The van der Waals surface area contributed by atoms with E-state index in [9.17, 15) is 19.8 Å². The lowest BCUT2D eigenvalue weighted by atomic mass is 10.1. The number of hydrogen-bond donors (Lipinski definition) is 4. The fourth-order valence-corrected chi connectivity index (χ4v) is 3.21. The van der Waals surface area contributed by atoms with Crippen molar-refractivity contribution in [1.82, 2.24) is 10.9 Å². The van der Waals surface area contributed by atoms with E-state index < -0.39 is 11.8 Å². The van der Waals surface area contributed by atoms with Gasteiger partial charge in [-0.1, -0.05) is 0 Å². The van der Waals surface area contributed by atoms with Crippen LogP contribution in [0.5, 0.6) is 34.5 Å². The molecule has 0 spiro atoms. The molecule has 0 radical (unpaired) electrons. The SMILES string of the molecule is COc1cc(/C=N/NC(=O)c2ccc(C(=O)N/N=C/c3cc(OC)c(O)c(OC)c3)cc2)cc(OC)c1O. The molecule has 3 rings (SSSR count). The summed E-state index contributed by atoms with van der Waals surface area (Å²) in [5, 5.41) is 27.7. The highest BCUT2D eigenvalue weighted by Crippen LogP contribution is 2.37. The summed E-state index contributed by atoms with van der Waals surface area (Å²) in [6, 6.07) is 12.0. The minimum Gasteiger partial charge on any atom is -0.502 e. The second-order valence-corrected chi connectivity index (χ2v) is 7.52. The first-order chi connectivity index (χ1) is 18.3. The Labute approximate surface area is 218 Å². The Morgan fingerprint density at radius 3 is 1.18 bits per heavy atom. The second kappa shape index (κ2) is 12.6. The van der Waals surface area contributed by atoms with Gasteiger partial charge in [0.15, 0.2) is 23.0 Å². The highest BCUT2D eigenvalue weighted by Gasteiger charge is 2.12. The maximum Gasteiger partial charge on any atom is 0.271 e. The molecule has 0 fully saturated rings. The third kappa shape index (κ3) is 6.49. The standard InChI is InChI=1S/C26H26N4O8/c1-35-19-9-15(10-20(36-2)23(19)31)13-27-29-25(33)17-5-7-18(8-6-17)26(34)30-28-14-16-11-21(37-3)24(32)22(12-16)38-4/h5-14,31-32H,1-4H3,(H,29,33)(H,30,34)/b27-13+,28-14+. The zero-order valence-corrected chi connectivity index (χ0v) is 21.0. The largest absolute Gasteiger partial charge is 0.502 e. The van der Waals surface area contributed by atoms with E-state index in [0.29, 0.717) is 11.1 Å². The van der Waals surface area contributed by atoms with Crippen LogP contribution < -0.4 is 29.8 Å². The van der Waals surface area contributed by atoms with Gasteiger partial charge in [-0.25, -0.2) is 10.9 Å². The number of benzene rings is 3. The Hall–Kier alpha value is -5.26. The summed E-state index contributed by atoms with van der Waals surface area (Å²) < 4.78 is 20.3. The van der Waals surface area contributed by atoms with Gasteiger partial charge in [0.1, 0.15) is 0 Å². The molecule has 0 atom stereocenters. The molecule has 0 bridgehead atoms. The van der Waals surface area contributed by atoms with Crippen molar-refractivity contribution in [2.75, 3.05) is 28.4 Å². The lowest BCUT2D eigenvalue weighted by Crippen LogP contribution is -2.19. The molecule has 0 aliphatic heterocycles. The Morgan fingerprint density at radius 2 is 0.921 bits per heavy atom. The summed E-state index contributed by atoms with van der Waals surface area (Å²) in [5.41, 5.74) is 6.35. The fraction of sp³-hybridized carbons (Fsp3) is 0.154. The molecule has 0 unspecified atom stereocenters. The molecule has 3 aromatic carbocycles. The van der Waals surface area contributed by atoms with E-state index in [1.807, 2.05) is 0 Å². The zero-order valence-electron chi connectivity index (χ0n) is 21.0. The summed E-state index contributed by atoms with van der Waals surface area (Å²) >= 11 is 0. The van der Waals surface area contributed by atoms with E-state index in [1.54, 1.807) is 0 Å². The summed E-state index contributed by atoms with van der Waals surface area (Å²) in [5.74, 6) is -0.525. The summed E-state index contributed by atoms with van der Waals surface area (Å²) in [7, 11) is 5.60. The zero-order chi connectivity index (χ0) is 27.7. The van der Waals surface area contributed by atoms with E-state index >= 15 is 0 Å². The number of phenolic OH excluding ortho intramolecular Hbond substituents is 2. The number of rotatable bonds is 10. The topological polar surface area (TPSA) is 160 Å². The fourth-order valence-electron chi connectivity index (χ4n) is 3.21. The van der Waals surface area contributed by atoms with Crippen molar-refractivity contribution in [3.05, 3.63) is 70.8 Å². The number of nitrogens with one attached hydrogen (secondary N) is 2. The van der Waals surface area contributed by atoms with Gasteiger partial charge in [-0.15, -0.1) is 0 Å². The van der Waals surface area contributed by atoms with Crippen LogP contribution in [0.25, 0.3) is 0 Å². The Morgan fingerprint density at radius 1 is 0.632 bits per heavy atom. The van der Waals surface area contributed by atoms with Crippen molar-refractivity contribution >= 4 is 24.2 Å². The molecule has 3 aromatic rings. The average Bonchev–Trinajstić information content (AvgIpc) is 2.94. The quantitative estimate of drug-likeness (QED) is 0.234. The number of amides is 2. The summed E-state index contributed by atoms with van der Waals surface area (Å²) in [6.45, 7) is 0. The summed E-state index contributed by atoms with van der Waals surface area (Å²) in [4.78, 5) is 24.8. The van der Waals surface area contributed by atoms with Crippen LogP contribution in [0.1, 0.15) is 31.8 Å². The van der Waals surface area contributed by atoms with Crippen molar-refractivity contribution in [3.63, 3.8) is 0 Å². The first kappa shape index (κ1) is 27.3. The lowest BCUT2D eigenvalue weighted by molar-refractivity contribution is 0.0943. The number of phenols is 2. The lowest BCUT2D eigenvalue weighted by Gasteiger charge is -2.09. The van der Waals surface area contributed by atoms with Gasteiger partial charge in [0.05, 0.1) is 40.9 Å². The average molecular weight is 523 g/mol. The van der Waals surface area contributed by atoms with Crippen LogP contribution in [-0.4, -0.2) is 62.9 Å². The predicted octanol–water partition coefficient (Wildman–Crippen LogP) is 2.66. The molecule has 12 heteroatoms. The molecule has 0 aliphatic carbocycles. The first-order valence-electron chi connectivity index (χ1n) is 11.0. The predicted molar refractivity (Wildman–Crippen MR) is 139 cm³/mol. The van der Waals surface area contributed by atoms with Crippen molar-refractivity contribution in [3.8, 4) is 34.5 Å². The van der Waals surface area contributed by atoms with Crippen molar-refractivity contribution < 1.29 is 38.7 Å². The van der Waals surface area contributed by atoms with E-state index in [1.165, 1.54) is 89.4 Å². The molecule has 0 saturated carbocycles. The number of carbonyl (C=O) groups is 2. The highest BCUT2D eigenvalue weighted by atomic mass is 16.5. The van der Waals surface area contributed by atoms with Gasteiger partial charge in [-0.3, -0.25) is 9.59 Å². The van der Waals surface area contributed by atoms with Crippen LogP contribution >= 0.6 is 0 Å². The van der Waals surface area contributed by atoms with Gasteiger partial charge in [0, 0.05) is 22.3 Å². The minimum atomic E-state index is -0.501. The van der Waals surface area contributed by atoms with Gasteiger partial charge < -0.3 is 29.2 Å². The molecule has 38 heavy (non-hydrogen) atoms. The molecule has 0 aromatic heterocycles. The molecule has 0 aliphatic rings. The van der Waals surface area contributed by atoms with Gasteiger partial charge in [-0.2, -0.15) is 10.2 Å². The molecule has 12 nitrogen and oxygen atoms in total. The molecular weight excluding hydrogens is 496 g/mol. The number of aromatic hydroxyl groups is 2. The van der Waals surface area contributed by atoms with Crippen LogP contribution in [0.4, 0.5) is 0 Å². The molecule has 198 valence electrons. The number of methoxy groups -OCH3 is 4. The third-order valence-electron chi connectivity index (χ3n) is 5.17. The molecule has 4 N–H and O–H groups in total. The van der Waals surface area contributed by atoms with Crippen molar-refractivity contribution in [2.24, 2.45) is 10.2 Å². The number of hydrazone groups is 2. The van der Waals surface area contributed by atoms with Crippen LogP contribution in [0.15, 0.2) is 58.7 Å². The van der Waals surface area contributed by atoms with Crippen LogP contribution in [-0.2, 0) is 0 Å². The molecular formula is C26H26N4O8. The molecule has 0 heterocycles. The van der Waals surface area contributed by atoms with E-state index in [-0.39, 0.29) is 45.6 Å². The van der Waals surface area contributed by atoms with E-state index in [0.717, 1.165) is 0 Å². The van der Waals surface area contributed by atoms with Crippen LogP contribution in [0, 0.1) is 0 Å². The normalized spacial score (nSPS) is 10.8. The van der Waals surface area contributed by atoms with Gasteiger partial charge in [0.25, 0.3) is 11.8 Å². The second-order valence-electron chi connectivity index (χ2n) is 7.52. The van der Waals surface area contributed by atoms with Gasteiger partial charge >= 0.3 is 0 Å². The maximum absolute atomic E-state index is 12.4. The number of ether oxygens (including phenoxy) is 4. The third-order valence-corrected chi connectivity index (χ3v) is 5.17. The van der Waals surface area contributed by atoms with Gasteiger partial charge in [0.2, 0.25) is 11.5 Å². The van der Waals surface area contributed by atoms with Gasteiger partial charge in [-0.05, 0) is 48.5 Å². The highest BCUT2D eigenvalue weighted by molar-refractivity contribution is 5.98. The van der Waals surface area contributed by atoms with E-state index in [2.05, 4.69) is 21.1 Å². The number of nitrogens with zero attached hydrogens (tertiary/aromatic N) is 2. The van der Waals surface area contributed by atoms with Crippen molar-refractivity contribution in [1.29, 1.82) is 0 Å². The Kier molecular flexibility index (Phi) is 9.08. The smallest absolute Gasteiger partial charge is 0.271 e. The Balaban J connectivity index is 1.60. The summed E-state index contributed by atoms with van der Waals surface area (Å²) in [6.07, 6.45) is 2.73. The number of hydrogen-bond acceptors (Lipinski definition) is 10. The van der Waals surface area contributed by atoms with E-state index in [4.69, 9.17) is 18.9 Å². The number of carbonyl (C=O) groups excluding carboxylic acids is 2. The van der Waals surface area contributed by atoms with Crippen LogP contribution in [0.2, 0.25) is 0 Å². The van der Waals surface area contributed by atoms with Crippen molar-refractivity contribution in [2.45, 2.75) is 0 Å². The monoisotopic (exact) mass is 522 g/mol. The molecule has 2 amide bonds. The molecule has 0 saturated heterocycles. The van der Waals surface area contributed by atoms with Crippen LogP contribution in [0.3, 0.4) is 0 Å².